The van der Waals surface area contributed by atoms with Crippen LogP contribution in [0.2, 0.25) is 0 Å². The number of H-pyrrole nitrogens is 1. The van der Waals surface area contributed by atoms with Gasteiger partial charge in [0.15, 0.2) is 0 Å². The largest absolute Gasteiger partial charge is 0.357 e. The fraction of sp³-hybridized carbons (Fsp3) is 0.190. The molecule has 3 aromatic rings. The number of carbonyl (C=O) groups excluding carboxylic acids is 2. The fourth-order valence-corrected chi connectivity index (χ4v) is 2.90. The van der Waals surface area contributed by atoms with Crippen molar-refractivity contribution in [2.24, 2.45) is 0 Å². The maximum absolute atomic E-state index is 12.6. The molecule has 2 aromatic heterocycles. The van der Waals surface area contributed by atoms with Gasteiger partial charge in [0.05, 0.1) is 6.54 Å². The van der Waals surface area contributed by atoms with Gasteiger partial charge < -0.3 is 14.9 Å². The number of unbranched alkanes of at least 4 members (excludes halogenated alkanes) is 1. The van der Waals surface area contributed by atoms with Crippen LogP contribution in [0, 0.1) is 0 Å². The van der Waals surface area contributed by atoms with Crippen LogP contribution in [0.3, 0.4) is 0 Å². The Morgan fingerprint density at radius 3 is 2.85 bits per heavy atom. The van der Waals surface area contributed by atoms with E-state index in [1.807, 2.05) is 30.3 Å². The normalized spacial score (nSPS) is 11.1. The molecule has 0 saturated heterocycles. The topological polar surface area (TPSA) is 84.0 Å². The minimum atomic E-state index is -0.245. The molecular formula is C21H21N3O3. The number of fused-ring (bicyclic) bond motifs is 1. The maximum atomic E-state index is 12.6. The summed E-state index contributed by atoms with van der Waals surface area (Å²) in [4.78, 5) is 38.1. The number of hydrogen-bond acceptors (Lipinski definition) is 3. The van der Waals surface area contributed by atoms with Crippen LogP contribution in [0.4, 0.5) is 5.69 Å². The van der Waals surface area contributed by atoms with E-state index in [9.17, 15) is 14.4 Å². The Morgan fingerprint density at radius 1 is 1.19 bits per heavy atom. The van der Waals surface area contributed by atoms with Crippen LogP contribution >= 0.6 is 0 Å². The number of carbonyl (C=O) groups is 2. The first kappa shape index (κ1) is 18.4. The smallest absolute Gasteiger partial charge is 0.274 e. The molecule has 6 heteroatoms. The van der Waals surface area contributed by atoms with Crippen LogP contribution in [0.25, 0.3) is 10.9 Å². The lowest BCUT2D eigenvalue weighted by Crippen LogP contribution is -2.25. The number of pyridine rings is 1. The number of allylic oxidation sites excluding steroid dienone is 2. The predicted molar refractivity (Wildman–Crippen MR) is 106 cm³/mol. The van der Waals surface area contributed by atoms with Crippen molar-refractivity contribution < 1.29 is 9.59 Å². The summed E-state index contributed by atoms with van der Waals surface area (Å²) in [7, 11) is 0. The molecule has 6 nitrogen and oxygen atoms in total. The zero-order chi connectivity index (χ0) is 19.1. The highest BCUT2D eigenvalue weighted by Gasteiger charge is 2.09. The zero-order valence-corrected chi connectivity index (χ0v) is 14.9. The van der Waals surface area contributed by atoms with Crippen molar-refractivity contribution in [2.45, 2.75) is 25.8 Å². The number of aromatic amines is 1. The van der Waals surface area contributed by atoms with E-state index in [1.165, 1.54) is 6.08 Å². The number of aromatic nitrogens is 2. The standard InChI is InChI=1S/C21H21N3O3/c25-13-6-2-1-3-11-20(26)23-19-10-7-12-24(21(19)27)15-17-14-16-8-4-5-9-18(16)22-17/h2,4-10,12-14,22H,1,3,11,15H2,(H,23,26)/b6-2+. The van der Waals surface area contributed by atoms with Crippen molar-refractivity contribution in [3.63, 3.8) is 0 Å². The summed E-state index contributed by atoms with van der Waals surface area (Å²) in [5, 5.41) is 3.77. The Labute approximate surface area is 156 Å². The summed E-state index contributed by atoms with van der Waals surface area (Å²) in [5.74, 6) is -0.213. The van der Waals surface area contributed by atoms with Gasteiger partial charge in [-0.05, 0) is 48.6 Å². The second-order valence-electron chi connectivity index (χ2n) is 6.24. The second kappa shape index (κ2) is 8.80. The molecule has 138 valence electrons. The molecule has 0 aliphatic rings. The summed E-state index contributed by atoms with van der Waals surface area (Å²) in [5.41, 5.74) is 1.96. The van der Waals surface area contributed by atoms with Crippen LogP contribution in [0.15, 0.2) is 65.6 Å². The van der Waals surface area contributed by atoms with E-state index in [0.29, 0.717) is 32.1 Å². The number of aldehydes is 1. The molecule has 2 N–H and O–H groups in total. The van der Waals surface area contributed by atoms with Crippen LogP contribution < -0.4 is 10.9 Å². The number of anilines is 1. The first-order valence-electron chi connectivity index (χ1n) is 8.83. The van der Waals surface area contributed by atoms with E-state index in [1.54, 1.807) is 29.0 Å². The molecule has 2 heterocycles. The van der Waals surface area contributed by atoms with Crippen LogP contribution in [-0.4, -0.2) is 21.7 Å². The van der Waals surface area contributed by atoms with Gasteiger partial charge in [-0.3, -0.25) is 14.4 Å². The van der Waals surface area contributed by atoms with Crippen LogP contribution in [-0.2, 0) is 16.1 Å². The summed E-state index contributed by atoms with van der Waals surface area (Å²) >= 11 is 0. The minimum absolute atomic E-state index is 0.213. The van der Waals surface area contributed by atoms with Crippen molar-refractivity contribution in [2.75, 3.05) is 5.32 Å². The first-order chi connectivity index (χ1) is 13.2. The molecule has 0 aliphatic carbocycles. The molecule has 0 unspecified atom stereocenters. The second-order valence-corrected chi connectivity index (χ2v) is 6.24. The van der Waals surface area contributed by atoms with Crippen molar-refractivity contribution in [1.82, 2.24) is 9.55 Å². The lowest BCUT2D eigenvalue weighted by atomic mass is 10.2. The summed E-state index contributed by atoms with van der Waals surface area (Å²) in [6.07, 6.45) is 7.10. The molecular weight excluding hydrogens is 342 g/mol. The van der Waals surface area contributed by atoms with Gasteiger partial charge >= 0.3 is 0 Å². The summed E-state index contributed by atoms with van der Waals surface area (Å²) in [6, 6.07) is 13.3. The van der Waals surface area contributed by atoms with E-state index in [2.05, 4.69) is 10.3 Å². The van der Waals surface area contributed by atoms with Crippen molar-refractivity contribution >= 4 is 28.8 Å². The fourth-order valence-electron chi connectivity index (χ4n) is 2.90. The Morgan fingerprint density at radius 2 is 2.04 bits per heavy atom. The van der Waals surface area contributed by atoms with Crippen LogP contribution in [0.1, 0.15) is 25.0 Å². The van der Waals surface area contributed by atoms with Gasteiger partial charge in [0, 0.05) is 23.8 Å². The first-order valence-corrected chi connectivity index (χ1v) is 8.83. The molecule has 27 heavy (non-hydrogen) atoms. The third kappa shape index (κ3) is 4.82. The Hall–Kier alpha value is -3.41. The highest BCUT2D eigenvalue weighted by atomic mass is 16.2. The molecule has 0 saturated carbocycles. The van der Waals surface area contributed by atoms with Gasteiger partial charge in [0.2, 0.25) is 5.91 Å². The summed E-state index contributed by atoms with van der Waals surface area (Å²) < 4.78 is 1.56. The van der Waals surface area contributed by atoms with Gasteiger partial charge in [0.25, 0.3) is 5.56 Å². The third-order valence-electron chi connectivity index (χ3n) is 4.21. The monoisotopic (exact) mass is 363 g/mol. The molecule has 0 aliphatic heterocycles. The highest BCUT2D eigenvalue weighted by Crippen LogP contribution is 2.15. The van der Waals surface area contributed by atoms with E-state index in [-0.39, 0.29) is 17.2 Å². The Balaban J connectivity index is 1.66. The lowest BCUT2D eigenvalue weighted by Gasteiger charge is -2.08. The molecule has 0 radical (unpaired) electrons. The predicted octanol–water partition coefficient (Wildman–Crippen LogP) is 3.24. The van der Waals surface area contributed by atoms with Gasteiger partial charge in [-0.15, -0.1) is 0 Å². The molecule has 0 bridgehead atoms. The number of nitrogens with one attached hydrogen (secondary N) is 2. The van der Waals surface area contributed by atoms with E-state index in [4.69, 9.17) is 0 Å². The zero-order valence-electron chi connectivity index (χ0n) is 14.9. The van der Waals surface area contributed by atoms with Crippen molar-refractivity contribution in [3.05, 3.63) is 76.9 Å². The van der Waals surface area contributed by atoms with Gasteiger partial charge in [0.1, 0.15) is 12.0 Å². The van der Waals surface area contributed by atoms with Crippen LogP contribution in [0.5, 0.6) is 0 Å². The number of rotatable bonds is 8. The van der Waals surface area contributed by atoms with E-state index >= 15 is 0 Å². The van der Waals surface area contributed by atoms with Crippen molar-refractivity contribution in [3.8, 4) is 0 Å². The van der Waals surface area contributed by atoms with Gasteiger partial charge in [-0.2, -0.15) is 0 Å². The number of hydrogen-bond donors (Lipinski definition) is 2. The lowest BCUT2D eigenvalue weighted by molar-refractivity contribution is -0.116. The number of para-hydroxylation sites is 1. The Kier molecular flexibility index (Phi) is 5.99. The minimum Gasteiger partial charge on any atom is -0.357 e. The average Bonchev–Trinajstić information content (AvgIpc) is 3.07. The third-order valence-corrected chi connectivity index (χ3v) is 4.21. The molecule has 1 aromatic carbocycles. The molecule has 3 rings (SSSR count). The molecule has 0 atom stereocenters. The number of amides is 1. The van der Waals surface area contributed by atoms with Crippen molar-refractivity contribution in [1.29, 1.82) is 0 Å². The molecule has 0 fully saturated rings. The maximum Gasteiger partial charge on any atom is 0.274 e. The molecule has 0 spiro atoms. The SMILES string of the molecule is O=C/C=C/CCCC(=O)Nc1cccn(Cc2cc3ccccc3[nH]2)c1=O. The van der Waals surface area contributed by atoms with E-state index in [0.717, 1.165) is 16.6 Å². The quantitative estimate of drug-likeness (QED) is 0.366. The van der Waals surface area contributed by atoms with Gasteiger partial charge in [-0.25, -0.2) is 0 Å². The Bertz CT molecular complexity index is 997. The number of nitrogens with zero attached hydrogens (tertiary/aromatic N) is 1. The summed E-state index contributed by atoms with van der Waals surface area (Å²) in [6.45, 7) is 0.397. The average molecular weight is 363 g/mol. The number of benzene rings is 1. The van der Waals surface area contributed by atoms with Gasteiger partial charge in [-0.1, -0.05) is 24.3 Å². The molecule has 1 amide bonds. The highest BCUT2D eigenvalue weighted by molar-refractivity contribution is 5.90. The van der Waals surface area contributed by atoms with E-state index < -0.39 is 0 Å².